The van der Waals surface area contributed by atoms with Crippen LogP contribution in [0.1, 0.15) is 49.6 Å². The van der Waals surface area contributed by atoms with E-state index in [1.54, 1.807) is 29.2 Å². The Hall–Kier alpha value is -2.38. The van der Waals surface area contributed by atoms with Gasteiger partial charge in [0.25, 0.3) is 11.8 Å². The van der Waals surface area contributed by atoms with Crippen molar-refractivity contribution >= 4 is 52.0 Å². The molecule has 2 aromatic carbocycles. The van der Waals surface area contributed by atoms with E-state index in [-0.39, 0.29) is 17.2 Å². The number of nitrogens with zero attached hydrogens (tertiary/aromatic N) is 2. The summed E-state index contributed by atoms with van der Waals surface area (Å²) in [5, 5.41) is 3.32. The lowest BCUT2D eigenvalue weighted by Gasteiger charge is -2.21. The predicted molar refractivity (Wildman–Crippen MR) is 138 cm³/mol. The van der Waals surface area contributed by atoms with Crippen LogP contribution in [0.4, 0.5) is 5.69 Å². The Morgan fingerprint density at radius 1 is 1.12 bits per heavy atom. The van der Waals surface area contributed by atoms with E-state index < -0.39 is 0 Å². The number of thiophene rings is 1. The fraction of sp³-hybridized carbons (Fsp3) is 0.308. The first-order chi connectivity index (χ1) is 16.2. The molecule has 0 radical (unpaired) electrons. The van der Waals surface area contributed by atoms with Gasteiger partial charge in [0.15, 0.2) is 0 Å². The molecule has 1 aliphatic heterocycles. The molecule has 5 nitrogen and oxygen atoms in total. The number of hydrogen-bond donors (Lipinski definition) is 1. The highest BCUT2D eigenvalue weighted by Crippen LogP contribution is 2.48. The molecule has 1 saturated carbocycles. The van der Waals surface area contributed by atoms with E-state index in [2.05, 4.69) is 48.6 Å². The molecule has 8 heteroatoms. The van der Waals surface area contributed by atoms with Gasteiger partial charge in [-0.25, -0.2) is 0 Å². The molecule has 3 aromatic rings. The van der Waals surface area contributed by atoms with E-state index in [4.69, 9.17) is 23.2 Å². The van der Waals surface area contributed by atoms with E-state index in [1.807, 2.05) is 0 Å². The van der Waals surface area contributed by atoms with Gasteiger partial charge in [-0.15, -0.1) is 11.3 Å². The van der Waals surface area contributed by atoms with Crippen molar-refractivity contribution in [3.63, 3.8) is 0 Å². The third kappa shape index (κ3) is 4.60. The van der Waals surface area contributed by atoms with Crippen LogP contribution in [0, 0.1) is 0 Å². The number of carbonyl (C=O) groups is 2. The predicted octanol–water partition coefficient (Wildman–Crippen LogP) is 6.06. The lowest BCUT2D eigenvalue weighted by Crippen LogP contribution is -2.26. The zero-order valence-corrected chi connectivity index (χ0v) is 21.4. The zero-order chi connectivity index (χ0) is 24.0. The maximum Gasteiger partial charge on any atom is 0.265 e. The topological polar surface area (TPSA) is 52.6 Å². The van der Waals surface area contributed by atoms with Gasteiger partial charge in [0.2, 0.25) is 0 Å². The Kier molecular flexibility index (Phi) is 6.19. The summed E-state index contributed by atoms with van der Waals surface area (Å²) >= 11 is 13.5. The molecular weight excluding hydrogens is 489 g/mol. The molecule has 2 aliphatic rings. The van der Waals surface area contributed by atoms with Crippen molar-refractivity contribution in [2.24, 2.45) is 0 Å². The minimum Gasteiger partial charge on any atom is -0.330 e. The van der Waals surface area contributed by atoms with E-state index in [1.165, 1.54) is 29.7 Å². The number of likely N-dealkylation sites (N-methyl/N-ethyl adjacent to an activating group) is 1. The maximum atomic E-state index is 13.2. The fourth-order valence-corrected chi connectivity index (χ4v) is 5.93. The summed E-state index contributed by atoms with van der Waals surface area (Å²) < 4.78 is 0.545. The Labute approximate surface area is 213 Å². The molecular formula is C26H25Cl2N3O2S. The largest absolute Gasteiger partial charge is 0.330 e. The first kappa shape index (κ1) is 23.4. The van der Waals surface area contributed by atoms with Crippen LogP contribution in [0.3, 0.4) is 0 Å². The van der Waals surface area contributed by atoms with Gasteiger partial charge in [0.1, 0.15) is 0 Å². The van der Waals surface area contributed by atoms with Gasteiger partial charge in [0.05, 0.1) is 9.21 Å². The quantitative estimate of drug-likeness (QED) is 0.417. The van der Waals surface area contributed by atoms with Gasteiger partial charge in [-0.05, 0) is 62.3 Å². The standard InChI is InChI=1S/C26H25Cl2N3O2S/c1-30(2)15-26(9-10-26)17-5-3-16(4-6-17)13-31-14-20-19(25(31)33)11-18(27)12-21(20)29-24(32)22-7-8-23(28)34-22/h3-8,11-12H,9-10,13-15H2,1-2H3,(H,29,32). The van der Waals surface area contributed by atoms with E-state index in [9.17, 15) is 9.59 Å². The van der Waals surface area contributed by atoms with Crippen LogP contribution in [0.5, 0.6) is 0 Å². The fourth-order valence-electron chi connectivity index (χ4n) is 4.77. The third-order valence-corrected chi connectivity index (χ3v) is 7.99. The summed E-state index contributed by atoms with van der Waals surface area (Å²) in [6.45, 7) is 1.97. The normalized spacial score (nSPS) is 16.1. The van der Waals surface area contributed by atoms with E-state index >= 15 is 0 Å². The van der Waals surface area contributed by atoms with Crippen molar-refractivity contribution in [2.45, 2.75) is 31.3 Å². The molecule has 1 aromatic heterocycles. The highest BCUT2D eigenvalue weighted by atomic mass is 35.5. The Balaban J connectivity index is 1.32. The van der Waals surface area contributed by atoms with Gasteiger partial charge >= 0.3 is 0 Å². The number of rotatable bonds is 7. The van der Waals surface area contributed by atoms with E-state index in [0.717, 1.165) is 17.7 Å². The highest BCUT2D eigenvalue weighted by molar-refractivity contribution is 7.18. The Morgan fingerprint density at radius 2 is 1.85 bits per heavy atom. The Bertz CT molecular complexity index is 1270. The molecule has 2 heterocycles. The second-order valence-corrected chi connectivity index (χ2v) is 11.6. The van der Waals surface area contributed by atoms with Crippen molar-refractivity contribution < 1.29 is 9.59 Å². The summed E-state index contributed by atoms with van der Waals surface area (Å²) in [6.07, 6.45) is 2.44. The number of anilines is 1. The third-order valence-electron chi connectivity index (χ3n) is 6.54. The average molecular weight is 514 g/mol. The van der Waals surface area contributed by atoms with Crippen LogP contribution in [0.15, 0.2) is 48.5 Å². The molecule has 0 atom stereocenters. The van der Waals surface area contributed by atoms with Gasteiger partial charge in [0, 0.05) is 46.9 Å². The number of fused-ring (bicyclic) bond motifs is 1. The zero-order valence-electron chi connectivity index (χ0n) is 19.0. The van der Waals surface area contributed by atoms with Crippen LogP contribution >= 0.6 is 34.5 Å². The van der Waals surface area contributed by atoms with E-state index in [0.29, 0.717) is 38.6 Å². The summed E-state index contributed by atoms with van der Waals surface area (Å²) in [5.41, 5.74) is 4.60. The smallest absolute Gasteiger partial charge is 0.265 e. The van der Waals surface area contributed by atoms with Crippen LogP contribution in [0.2, 0.25) is 9.36 Å². The van der Waals surface area contributed by atoms with Gasteiger partial charge in [-0.3, -0.25) is 9.59 Å². The lowest BCUT2D eigenvalue weighted by atomic mass is 9.94. The second kappa shape index (κ2) is 9.00. The molecule has 1 aliphatic carbocycles. The molecule has 176 valence electrons. The van der Waals surface area contributed by atoms with Crippen molar-refractivity contribution in [3.8, 4) is 0 Å². The molecule has 0 saturated heterocycles. The number of halogens is 2. The number of benzene rings is 2. The van der Waals surface area contributed by atoms with Crippen LogP contribution < -0.4 is 5.32 Å². The van der Waals surface area contributed by atoms with Crippen LogP contribution in [-0.2, 0) is 18.5 Å². The number of amides is 2. The SMILES string of the molecule is CN(C)CC1(c2ccc(CN3Cc4c(NC(=O)c5ccc(Cl)s5)cc(Cl)cc4C3=O)cc2)CC1. The molecule has 0 unspecified atom stereocenters. The molecule has 2 amide bonds. The minimum absolute atomic E-state index is 0.0810. The highest BCUT2D eigenvalue weighted by Gasteiger charge is 2.44. The van der Waals surface area contributed by atoms with Crippen LogP contribution in [-0.4, -0.2) is 42.3 Å². The van der Waals surface area contributed by atoms with Crippen molar-refractivity contribution in [1.82, 2.24) is 9.80 Å². The summed E-state index contributed by atoms with van der Waals surface area (Å²) in [4.78, 5) is 30.4. The number of nitrogens with one attached hydrogen (secondary N) is 1. The summed E-state index contributed by atoms with van der Waals surface area (Å²) in [6, 6.07) is 15.4. The molecule has 0 bridgehead atoms. The first-order valence-electron chi connectivity index (χ1n) is 11.2. The van der Waals surface area contributed by atoms with Crippen molar-refractivity contribution in [1.29, 1.82) is 0 Å². The molecule has 0 spiro atoms. The van der Waals surface area contributed by atoms with Crippen molar-refractivity contribution in [3.05, 3.63) is 85.0 Å². The number of carbonyl (C=O) groups excluding carboxylic acids is 2. The Morgan fingerprint density at radius 3 is 2.47 bits per heavy atom. The second-order valence-electron chi connectivity index (χ2n) is 9.41. The van der Waals surface area contributed by atoms with Gasteiger partial charge < -0.3 is 15.1 Å². The summed E-state index contributed by atoms with van der Waals surface area (Å²) in [7, 11) is 4.23. The monoisotopic (exact) mass is 513 g/mol. The summed E-state index contributed by atoms with van der Waals surface area (Å²) in [5.74, 6) is -0.350. The van der Waals surface area contributed by atoms with Crippen LogP contribution in [0.25, 0.3) is 0 Å². The van der Waals surface area contributed by atoms with Gasteiger partial charge in [-0.1, -0.05) is 47.5 Å². The first-order valence-corrected chi connectivity index (χ1v) is 12.7. The molecule has 5 rings (SSSR count). The van der Waals surface area contributed by atoms with Gasteiger partial charge in [-0.2, -0.15) is 0 Å². The molecule has 1 N–H and O–H groups in total. The maximum absolute atomic E-state index is 13.2. The minimum atomic E-state index is -0.269. The number of hydrogen-bond acceptors (Lipinski definition) is 4. The van der Waals surface area contributed by atoms with Crippen molar-refractivity contribution in [2.75, 3.05) is 26.0 Å². The average Bonchev–Trinajstić information content (AvgIpc) is 3.31. The lowest BCUT2D eigenvalue weighted by molar-refractivity contribution is 0.0766. The molecule has 34 heavy (non-hydrogen) atoms. The molecule has 1 fully saturated rings.